The fraction of sp³-hybridized carbons (Fsp3) is 0.333. The highest BCUT2D eigenvalue weighted by Crippen LogP contribution is 2.32. The van der Waals surface area contributed by atoms with Gasteiger partial charge in [-0.05, 0) is 75.6 Å². The summed E-state index contributed by atoms with van der Waals surface area (Å²) >= 11 is 0. The maximum Gasteiger partial charge on any atom is 0.129 e. The van der Waals surface area contributed by atoms with Crippen LogP contribution in [0.5, 0.6) is 0 Å². The van der Waals surface area contributed by atoms with Gasteiger partial charge < -0.3 is 0 Å². The molecule has 0 nitrogen and oxygen atoms in total. The van der Waals surface area contributed by atoms with Gasteiger partial charge in [-0.15, -0.1) is 0 Å². The molecule has 0 unspecified atom stereocenters. The van der Waals surface area contributed by atoms with Crippen molar-refractivity contribution in [2.24, 2.45) is 0 Å². The monoisotopic (exact) mass is 334 g/mol. The van der Waals surface area contributed by atoms with Crippen molar-refractivity contribution in [3.63, 3.8) is 0 Å². The minimum atomic E-state index is -0.0127. The molecule has 0 spiro atoms. The minimum Gasteiger partial charge on any atom is -0.206 e. The van der Waals surface area contributed by atoms with Crippen LogP contribution in [0.2, 0.25) is 0 Å². The van der Waals surface area contributed by atoms with Crippen molar-refractivity contribution in [1.29, 1.82) is 0 Å². The molecule has 0 heterocycles. The Morgan fingerprint density at radius 2 is 1.36 bits per heavy atom. The molecule has 0 fully saturated rings. The summed E-state index contributed by atoms with van der Waals surface area (Å²) < 4.78 is 13.6. The van der Waals surface area contributed by atoms with E-state index in [0.29, 0.717) is 0 Å². The van der Waals surface area contributed by atoms with Crippen molar-refractivity contribution in [2.45, 2.75) is 53.4 Å². The van der Waals surface area contributed by atoms with E-state index in [1.807, 2.05) is 26.0 Å². The van der Waals surface area contributed by atoms with Gasteiger partial charge in [-0.2, -0.15) is 0 Å². The zero-order valence-corrected chi connectivity index (χ0v) is 15.7. The summed E-state index contributed by atoms with van der Waals surface area (Å²) in [6.45, 7) is 8.29. The first-order valence-electron chi connectivity index (χ1n) is 9.16. The first-order chi connectivity index (χ1) is 11.9. The van der Waals surface area contributed by atoms with Crippen LogP contribution >= 0.6 is 0 Å². The van der Waals surface area contributed by atoms with Crippen LogP contribution in [-0.2, 0) is 12.8 Å². The van der Waals surface area contributed by atoms with Gasteiger partial charge >= 0.3 is 0 Å². The van der Waals surface area contributed by atoms with Crippen LogP contribution in [0, 0.1) is 13.8 Å². The van der Waals surface area contributed by atoms with Gasteiger partial charge in [0, 0.05) is 5.56 Å². The van der Waals surface area contributed by atoms with E-state index in [9.17, 15) is 4.39 Å². The summed E-state index contributed by atoms with van der Waals surface area (Å²) in [5.41, 5.74) is 9.87. The Morgan fingerprint density at radius 3 is 2.12 bits per heavy atom. The lowest BCUT2D eigenvalue weighted by Gasteiger charge is -2.16. The van der Waals surface area contributed by atoms with E-state index in [0.717, 1.165) is 29.5 Å². The average Bonchev–Trinajstić information content (AvgIpc) is 2.59. The van der Waals surface area contributed by atoms with Crippen LogP contribution in [0.25, 0.3) is 11.9 Å². The summed E-state index contributed by atoms with van der Waals surface area (Å²) in [5.74, 6) is -0.0127. The second-order valence-electron chi connectivity index (χ2n) is 7.45. The molecule has 130 valence electrons. The first kappa shape index (κ1) is 17.7. The van der Waals surface area contributed by atoms with Crippen LogP contribution in [-0.4, -0.2) is 0 Å². The number of benzene rings is 2. The van der Waals surface area contributed by atoms with Crippen LogP contribution in [0.4, 0.5) is 4.39 Å². The highest BCUT2D eigenvalue weighted by atomic mass is 19.1. The second-order valence-corrected chi connectivity index (χ2v) is 7.45. The molecule has 0 aliphatic heterocycles. The molecule has 0 atom stereocenters. The van der Waals surface area contributed by atoms with Crippen LogP contribution < -0.4 is 0 Å². The van der Waals surface area contributed by atoms with E-state index < -0.39 is 0 Å². The van der Waals surface area contributed by atoms with Crippen LogP contribution in [0.1, 0.15) is 60.1 Å². The molecule has 0 saturated heterocycles. The lowest BCUT2D eigenvalue weighted by atomic mass is 9.91. The predicted octanol–water partition coefficient (Wildman–Crippen LogP) is 6.99. The molecule has 2 aliphatic rings. The summed E-state index contributed by atoms with van der Waals surface area (Å²) in [7, 11) is 0. The number of allylic oxidation sites excluding steroid dienone is 2. The zero-order chi connectivity index (χ0) is 18.0. The Labute approximate surface area is 151 Å². The summed E-state index contributed by atoms with van der Waals surface area (Å²) in [6, 6.07) is 12.7. The number of hydrogen-bond acceptors (Lipinski definition) is 0. The standard InChI is InChI=1S/C12H13F.C12H14/c1-8-3-6-11-10(7-8)5-4-9(2)12(11)13;1-9-3-5-12-8-10(2)4-6-11(12)7-9/h3,6-7H,4-5H2,1-2H3;3,5,7-8H,4,6H2,1-2H3. The van der Waals surface area contributed by atoms with Crippen molar-refractivity contribution < 1.29 is 4.39 Å². The molecular weight excluding hydrogens is 307 g/mol. The Hall–Kier alpha value is -2.15. The predicted molar refractivity (Wildman–Crippen MR) is 106 cm³/mol. The fourth-order valence-corrected chi connectivity index (χ4v) is 3.57. The smallest absolute Gasteiger partial charge is 0.129 e. The van der Waals surface area contributed by atoms with Crippen LogP contribution in [0.15, 0.2) is 47.5 Å². The maximum atomic E-state index is 13.6. The number of rotatable bonds is 0. The van der Waals surface area contributed by atoms with E-state index in [-0.39, 0.29) is 5.83 Å². The molecule has 0 saturated carbocycles. The summed E-state index contributed by atoms with van der Waals surface area (Å²) in [4.78, 5) is 0. The molecule has 4 rings (SSSR count). The molecule has 0 radical (unpaired) electrons. The number of aryl methyl sites for hydroxylation is 4. The lowest BCUT2D eigenvalue weighted by Crippen LogP contribution is -2.01. The number of hydrogen-bond donors (Lipinski definition) is 0. The largest absolute Gasteiger partial charge is 0.206 e. The molecular formula is C24H27F. The SMILES string of the molecule is CC1=C(F)c2ccc(C)cc2CC1.CC1=Cc2ccc(C)cc2CC1. The minimum absolute atomic E-state index is 0.0127. The third kappa shape index (κ3) is 4.10. The van der Waals surface area contributed by atoms with Crippen molar-refractivity contribution in [1.82, 2.24) is 0 Å². The number of halogens is 1. The van der Waals surface area contributed by atoms with Crippen molar-refractivity contribution >= 4 is 11.9 Å². The third-order valence-electron chi connectivity index (χ3n) is 5.13. The van der Waals surface area contributed by atoms with Crippen molar-refractivity contribution in [2.75, 3.05) is 0 Å². The quantitative estimate of drug-likeness (QED) is 0.487. The van der Waals surface area contributed by atoms with Gasteiger partial charge in [0.25, 0.3) is 0 Å². The van der Waals surface area contributed by atoms with E-state index in [2.05, 4.69) is 44.2 Å². The van der Waals surface area contributed by atoms with E-state index in [4.69, 9.17) is 0 Å². The van der Waals surface area contributed by atoms with E-state index in [1.54, 1.807) is 0 Å². The van der Waals surface area contributed by atoms with Gasteiger partial charge in [0.2, 0.25) is 0 Å². The molecule has 0 aromatic heterocycles. The normalized spacial score (nSPS) is 15.6. The second kappa shape index (κ2) is 7.39. The zero-order valence-electron chi connectivity index (χ0n) is 15.7. The molecule has 1 heteroatoms. The Bertz CT molecular complexity index is 852. The van der Waals surface area contributed by atoms with Gasteiger partial charge in [0.15, 0.2) is 0 Å². The first-order valence-corrected chi connectivity index (χ1v) is 9.16. The van der Waals surface area contributed by atoms with Gasteiger partial charge in [0.05, 0.1) is 0 Å². The highest BCUT2D eigenvalue weighted by Gasteiger charge is 2.15. The summed E-state index contributed by atoms with van der Waals surface area (Å²) in [5, 5.41) is 0. The third-order valence-corrected chi connectivity index (χ3v) is 5.13. The van der Waals surface area contributed by atoms with Gasteiger partial charge in [-0.1, -0.05) is 59.2 Å². The van der Waals surface area contributed by atoms with Crippen molar-refractivity contribution in [3.8, 4) is 0 Å². The van der Waals surface area contributed by atoms with E-state index in [1.165, 1.54) is 40.7 Å². The Balaban J connectivity index is 0.000000146. The molecule has 2 aliphatic carbocycles. The molecule has 25 heavy (non-hydrogen) atoms. The average molecular weight is 334 g/mol. The van der Waals surface area contributed by atoms with Crippen LogP contribution in [0.3, 0.4) is 0 Å². The topological polar surface area (TPSA) is 0 Å². The molecule has 0 amide bonds. The van der Waals surface area contributed by atoms with Gasteiger partial charge in [0.1, 0.15) is 5.83 Å². The fourth-order valence-electron chi connectivity index (χ4n) is 3.57. The molecule has 2 aromatic rings. The lowest BCUT2D eigenvalue weighted by molar-refractivity contribution is 0.720. The molecule has 0 bridgehead atoms. The molecule has 2 aromatic carbocycles. The Morgan fingerprint density at radius 1 is 0.720 bits per heavy atom. The van der Waals surface area contributed by atoms with E-state index >= 15 is 0 Å². The highest BCUT2D eigenvalue weighted by molar-refractivity contribution is 5.67. The maximum absolute atomic E-state index is 13.6. The van der Waals surface area contributed by atoms with Gasteiger partial charge in [-0.25, -0.2) is 4.39 Å². The number of fused-ring (bicyclic) bond motifs is 2. The Kier molecular flexibility index (Phi) is 5.22. The molecule has 0 N–H and O–H groups in total. The van der Waals surface area contributed by atoms with Gasteiger partial charge in [-0.3, -0.25) is 0 Å². The van der Waals surface area contributed by atoms with Crippen molar-refractivity contribution in [3.05, 3.63) is 80.9 Å². The summed E-state index contributed by atoms with van der Waals surface area (Å²) in [6.07, 6.45) is 6.60.